The number of anilines is 1. The SMILES string of the molecule is NC(=O)c1ccc(NC(=O)c2cc3ccccc3s2)cc1. The molecule has 3 aromatic rings. The Labute approximate surface area is 125 Å². The second-order valence-corrected chi connectivity index (χ2v) is 5.63. The van der Waals surface area contributed by atoms with Crippen molar-refractivity contribution in [3.05, 3.63) is 65.0 Å². The zero-order chi connectivity index (χ0) is 14.8. The molecule has 0 fully saturated rings. The Bertz CT molecular complexity index is 789. The molecule has 5 heteroatoms. The summed E-state index contributed by atoms with van der Waals surface area (Å²) < 4.78 is 1.08. The Morgan fingerprint density at radius 1 is 1.00 bits per heavy atom. The average Bonchev–Trinajstić information content (AvgIpc) is 2.92. The molecule has 104 valence electrons. The minimum absolute atomic E-state index is 0.164. The van der Waals surface area contributed by atoms with Crippen LogP contribution in [0.5, 0.6) is 0 Å². The molecular weight excluding hydrogens is 284 g/mol. The lowest BCUT2D eigenvalue weighted by atomic mass is 10.2. The fourth-order valence-electron chi connectivity index (χ4n) is 2.00. The van der Waals surface area contributed by atoms with Crippen molar-refractivity contribution >= 4 is 38.9 Å². The lowest BCUT2D eigenvalue weighted by Gasteiger charge is -2.03. The number of benzene rings is 2. The summed E-state index contributed by atoms with van der Waals surface area (Å²) in [5.41, 5.74) is 6.21. The van der Waals surface area contributed by atoms with Crippen molar-refractivity contribution in [1.29, 1.82) is 0 Å². The lowest BCUT2D eigenvalue weighted by Crippen LogP contribution is -2.12. The lowest BCUT2D eigenvalue weighted by molar-refractivity contribution is 0.0998. The van der Waals surface area contributed by atoms with Gasteiger partial charge in [-0.1, -0.05) is 18.2 Å². The van der Waals surface area contributed by atoms with Crippen LogP contribution in [0.2, 0.25) is 0 Å². The van der Waals surface area contributed by atoms with Crippen molar-refractivity contribution in [2.24, 2.45) is 5.73 Å². The second kappa shape index (κ2) is 5.38. The Morgan fingerprint density at radius 3 is 2.38 bits per heavy atom. The molecule has 0 aliphatic heterocycles. The van der Waals surface area contributed by atoms with Gasteiger partial charge in [-0.15, -0.1) is 11.3 Å². The summed E-state index contributed by atoms with van der Waals surface area (Å²) >= 11 is 1.45. The highest BCUT2D eigenvalue weighted by Gasteiger charge is 2.10. The van der Waals surface area contributed by atoms with Crippen LogP contribution in [0.4, 0.5) is 5.69 Å². The number of thiophene rings is 1. The van der Waals surface area contributed by atoms with Crippen molar-refractivity contribution in [2.75, 3.05) is 5.32 Å². The van der Waals surface area contributed by atoms with E-state index < -0.39 is 5.91 Å². The first-order valence-corrected chi connectivity index (χ1v) is 7.15. The van der Waals surface area contributed by atoms with E-state index in [9.17, 15) is 9.59 Å². The highest BCUT2D eigenvalue weighted by molar-refractivity contribution is 7.20. The van der Waals surface area contributed by atoms with Gasteiger partial charge in [-0.05, 0) is 41.8 Å². The van der Waals surface area contributed by atoms with Crippen LogP contribution in [0, 0.1) is 0 Å². The number of rotatable bonds is 3. The van der Waals surface area contributed by atoms with Gasteiger partial charge in [0.15, 0.2) is 0 Å². The van der Waals surface area contributed by atoms with Crippen LogP contribution in [-0.2, 0) is 0 Å². The largest absolute Gasteiger partial charge is 0.366 e. The van der Waals surface area contributed by atoms with Gasteiger partial charge in [-0.2, -0.15) is 0 Å². The monoisotopic (exact) mass is 296 g/mol. The van der Waals surface area contributed by atoms with Crippen LogP contribution in [-0.4, -0.2) is 11.8 Å². The van der Waals surface area contributed by atoms with Crippen LogP contribution in [0.15, 0.2) is 54.6 Å². The van der Waals surface area contributed by atoms with E-state index in [2.05, 4.69) is 5.32 Å². The average molecular weight is 296 g/mol. The highest BCUT2D eigenvalue weighted by Crippen LogP contribution is 2.26. The molecule has 0 bridgehead atoms. The maximum absolute atomic E-state index is 12.2. The van der Waals surface area contributed by atoms with Gasteiger partial charge in [-0.25, -0.2) is 0 Å². The van der Waals surface area contributed by atoms with E-state index in [4.69, 9.17) is 5.73 Å². The van der Waals surface area contributed by atoms with E-state index in [1.807, 2.05) is 30.3 Å². The standard InChI is InChI=1S/C16H12N2O2S/c17-15(19)10-5-7-12(8-6-10)18-16(20)14-9-11-3-1-2-4-13(11)21-14/h1-9H,(H2,17,19)(H,18,20). The molecule has 4 nitrogen and oxygen atoms in total. The molecule has 3 N–H and O–H groups in total. The quantitative estimate of drug-likeness (QED) is 0.778. The van der Waals surface area contributed by atoms with E-state index in [0.717, 1.165) is 10.1 Å². The number of carbonyl (C=O) groups excluding carboxylic acids is 2. The maximum atomic E-state index is 12.2. The van der Waals surface area contributed by atoms with Crippen molar-refractivity contribution in [2.45, 2.75) is 0 Å². The number of nitrogens with two attached hydrogens (primary N) is 1. The zero-order valence-electron chi connectivity index (χ0n) is 11.0. The van der Waals surface area contributed by atoms with Gasteiger partial charge < -0.3 is 11.1 Å². The van der Waals surface area contributed by atoms with E-state index in [-0.39, 0.29) is 5.91 Å². The summed E-state index contributed by atoms with van der Waals surface area (Å²) in [6.07, 6.45) is 0. The first kappa shape index (κ1) is 13.3. The number of fused-ring (bicyclic) bond motifs is 1. The molecule has 0 aliphatic carbocycles. The third kappa shape index (κ3) is 2.78. The van der Waals surface area contributed by atoms with Gasteiger partial charge in [0.2, 0.25) is 5.91 Å². The number of nitrogens with one attached hydrogen (secondary N) is 1. The summed E-state index contributed by atoms with van der Waals surface area (Å²) in [5.74, 6) is -0.652. The molecule has 0 aliphatic rings. The Balaban J connectivity index is 1.80. The first-order chi connectivity index (χ1) is 10.1. The van der Waals surface area contributed by atoms with E-state index in [1.165, 1.54) is 11.3 Å². The normalized spacial score (nSPS) is 10.5. The van der Waals surface area contributed by atoms with E-state index in [1.54, 1.807) is 24.3 Å². The van der Waals surface area contributed by atoms with Crippen LogP contribution in [0.25, 0.3) is 10.1 Å². The van der Waals surface area contributed by atoms with Crippen LogP contribution < -0.4 is 11.1 Å². The van der Waals surface area contributed by atoms with Gasteiger partial charge >= 0.3 is 0 Å². The van der Waals surface area contributed by atoms with Crippen molar-refractivity contribution in [3.63, 3.8) is 0 Å². The maximum Gasteiger partial charge on any atom is 0.265 e. The topological polar surface area (TPSA) is 72.2 Å². The number of hydrogen-bond donors (Lipinski definition) is 2. The fourth-order valence-corrected chi connectivity index (χ4v) is 2.96. The van der Waals surface area contributed by atoms with Gasteiger partial charge in [0, 0.05) is 16.0 Å². The van der Waals surface area contributed by atoms with E-state index in [0.29, 0.717) is 16.1 Å². The van der Waals surface area contributed by atoms with Crippen LogP contribution >= 0.6 is 11.3 Å². The Kier molecular flexibility index (Phi) is 3.41. The Morgan fingerprint density at radius 2 is 1.71 bits per heavy atom. The predicted octanol–water partition coefficient (Wildman–Crippen LogP) is 3.25. The van der Waals surface area contributed by atoms with Gasteiger partial charge in [0.25, 0.3) is 5.91 Å². The summed E-state index contributed by atoms with van der Waals surface area (Å²) in [5, 5.41) is 3.86. The molecule has 0 unspecified atom stereocenters. The molecule has 0 radical (unpaired) electrons. The highest BCUT2D eigenvalue weighted by atomic mass is 32.1. The number of carbonyl (C=O) groups is 2. The molecule has 0 spiro atoms. The molecule has 2 amide bonds. The van der Waals surface area contributed by atoms with Crippen LogP contribution in [0.3, 0.4) is 0 Å². The number of amides is 2. The molecule has 0 atom stereocenters. The number of primary amides is 1. The second-order valence-electron chi connectivity index (χ2n) is 4.54. The van der Waals surface area contributed by atoms with Crippen molar-refractivity contribution in [3.8, 4) is 0 Å². The molecule has 1 heterocycles. The molecule has 1 aromatic heterocycles. The fraction of sp³-hybridized carbons (Fsp3) is 0. The predicted molar refractivity (Wildman–Crippen MR) is 84.7 cm³/mol. The Hall–Kier alpha value is -2.66. The third-order valence-corrected chi connectivity index (χ3v) is 4.19. The number of hydrogen-bond acceptors (Lipinski definition) is 3. The van der Waals surface area contributed by atoms with Gasteiger partial charge in [-0.3, -0.25) is 9.59 Å². The minimum Gasteiger partial charge on any atom is -0.366 e. The van der Waals surface area contributed by atoms with Crippen molar-refractivity contribution < 1.29 is 9.59 Å². The molecule has 21 heavy (non-hydrogen) atoms. The van der Waals surface area contributed by atoms with Crippen molar-refractivity contribution in [1.82, 2.24) is 0 Å². The molecule has 0 saturated carbocycles. The summed E-state index contributed by atoms with van der Waals surface area (Å²) in [6.45, 7) is 0. The smallest absolute Gasteiger partial charge is 0.265 e. The first-order valence-electron chi connectivity index (χ1n) is 6.33. The molecule has 2 aromatic carbocycles. The van der Waals surface area contributed by atoms with E-state index >= 15 is 0 Å². The molecule has 0 saturated heterocycles. The summed E-state index contributed by atoms with van der Waals surface area (Å²) in [6, 6.07) is 16.2. The summed E-state index contributed by atoms with van der Waals surface area (Å²) in [4.78, 5) is 23.9. The van der Waals surface area contributed by atoms with Gasteiger partial charge in [0.05, 0.1) is 4.88 Å². The summed E-state index contributed by atoms with van der Waals surface area (Å²) in [7, 11) is 0. The van der Waals surface area contributed by atoms with Gasteiger partial charge in [0.1, 0.15) is 0 Å². The third-order valence-electron chi connectivity index (χ3n) is 3.08. The molecular formula is C16H12N2O2S. The zero-order valence-corrected chi connectivity index (χ0v) is 11.8. The molecule has 3 rings (SSSR count). The van der Waals surface area contributed by atoms with Crippen LogP contribution in [0.1, 0.15) is 20.0 Å². The minimum atomic E-state index is -0.489.